The molecule has 0 unspecified atom stereocenters. The molecule has 2 rings (SSSR count). The van der Waals surface area contributed by atoms with E-state index in [4.69, 9.17) is 0 Å². The molecular weight excluding hydrogens is 192 g/mol. The molecule has 0 heterocycles. The predicted octanol–water partition coefficient (Wildman–Crippen LogP) is 5.25. The van der Waals surface area contributed by atoms with Gasteiger partial charge in [-0.2, -0.15) is 0 Å². The Hall–Kier alpha value is -0.780. The van der Waals surface area contributed by atoms with Gasteiger partial charge in [-0.1, -0.05) is 65.8 Å². The molecule has 0 saturated carbocycles. The number of aryl methyl sites for hydroxylation is 1. The molecule has 1 aromatic carbocycles. The molecule has 0 saturated heterocycles. The maximum Gasteiger partial charge on any atom is -0.0224 e. The third-order valence-electron chi connectivity index (χ3n) is 2.86. The van der Waals surface area contributed by atoms with E-state index < -0.39 is 0 Å². The summed E-state index contributed by atoms with van der Waals surface area (Å²) in [4.78, 5) is 0. The molecule has 1 aliphatic rings. The summed E-state index contributed by atoms with van der Waals surface area (Å²) in [6, 6.07) is 8.85. The van der Waals surface area contributed by atoms with Crippen LogP contribution in [0.1, 0.15) is 59.1 Å². The quantitative estimate of drug-likeness (QED) is 0.560. The molecule has 0 nitrogen and oxygen atoms in total. The van der Waals surface area contributed by atoms with Crippen molar-refractivity contribution in [2.24, 2.45) is 5.41 Å². The molecule has 0 spiro atoms. The smallest absolute Gasteiger partial charge is 0.0224 e. The summed E-state index contributed by atoms with van der Waals surface area (Å²) in [6.45, 7) is 12.7. The van der Waals surface area contributed by atoms with Crippen molar-refractivity contribution in [3.8, 4) is 0 Å². The molecule has 16 heavy (non-hydrogen) atoms. The van der Waals surface area contributed by atoms with E-state index in [2.05, 4.69) is 38.1 Å². The highest BCUT2D eigenvalue weighted by molar-refractivity contribution is 5.30. The van der Waals surface area contributed by atoms with Crippen molar-refractivity contribution in [2.45, 2.75) is 60.8 Å². The normalized spacial score (nSPS) is 15.9. The van der Waals surface area contributed by atoms with Crippen molar-refractivity contribution in [1.82, 2.24) is 0 Å². The Kier molecular flexibility index (Phi) is 7.12. The molecule has 0 heteroatoms. The minimum atomic E-state index is 0.522. The fraction of sp³-hybridized carbons (Fsp3) is 0.625. The standard InChI is InChI=1S/C12H16.2C2H6/c1-12(2)8-7-10-5-3-4-6-11(10)9-12;2*1-2/h3-6H,7-9H2,1-2H3;2*1-2H3. The average molecular weight is 220 g/mol. The molecule has 0 N–H and O–H groups in total. The van der Waals surface area contributed by atoms with Gasteiger partial charge in [-0.15, -0.1) is 0 Å². The van der Waals surface area contributed by atoms with Gasteiger partial charge in [0.1, 0.15) is 0 Å². The summed E-state index contributed by atoms with van der Waals surface area (Å²) >= 11 is 0. The molecule has 92 valence electrons. The van der Waals surface area contributed by atoms with E-state index in [1.807, 2.05) is 27.7 Å². The lowest BCUT2D eigenvalue weighted by atomic mass is 9.74. The molecule has 0 aromatic heterocycles. The molecule has 0 aliphatic heterocycles. The van der Waals surface area contributed by atoms with Crippen LogP contribution < -0.4 is 0 Å². The zero-order valence-corrected chi connectivity index (χ0v) is 11.9. The van der Waals surface area contributed by atoms with Crippen LogP contribution in [0.4, 0.5) is 0 Å². The second-order valence-corrected chi connectivity index (χ2v) is 4.61. The lowest BCUT2D eigenvalue weighted by Gasteiger charge is -2.31. The van der Waals surface area contributed by atoms with Gasteiger partial charge >= 0.3 is 0 Å². The Morgan fingerprint density at radius 2 is 1.38 bits per heavy atom. The topological polar surface area (TPSA) is 0 Å². The molecule has 1 aliphatic carbocycles. The molecule has 0 fully saturated rings. The minimum Gasteiger partial charge on any atom is -0.0683 e. The molecule has 0 amide bonds. The first-order chi connectivity index (χ1) is 7.67. The van der Waals surface area contributed by atoms with Crippen LogP contribution in [-0.2, 0) is 12.8 Å². The maximum atomic E-state index is 2.36. The number of fused-ring (bicyclic) bond motifs is 1. The monoisotopic (exact) mass is 220 g/mol. The lowest BCUT2D eigenvalue weighted by Crippen LogP contribution is -2.21. The third-order valence-corrected chi connectivity index (χ3v) is 2.86. The van der Waals surface area contributed by atoms with Crippen molar-refractivity contribution in [3.63, 3.8) is 0 Å². The maximum absolute atomic E-state index is 2.36. The van der Waals surface area contributed by atoms with Gasteiger partial charge in [0.25, 0.3) is 0 Å². The fourth-order valence-electron chi connectivity index (χ4n) is 2.05. The van der Waals surface area contributed by atoms with Crippen molar-refractivity contribution in [1.29, 1.82) is 0 Å². The van der Waals surface area contributed by atoms with Crippen LogP contribution in [0.25, 0.3) is 0 Å². The molecule has 0 radical (unpaired) electrons. The Morgan fingerprint density at radius 3 is 1.94 bits per heavy atom. The Bertz CT molecular complexity index is 284. The van der Waals surface area contributed by atoms with Crippen LogP contribution in [0.15, 0.2) is 24.3 Å². The van der Waals surface area contributed by atoms with Gasteiger partial charge < -0.3 is 0 Å². The van der Waals surface area contributed by atoms with Crippen molar-refractivity contribution in [3.05, 3.63) is 35.4 Å². The summed E-state index contributed by atoms with van der Waals surface area (Å²) < 4.78 is 0. The summed E-state index contributed by atoms with van der Waals surface area (Å²) in [5.74, 6) is 0. The van der Waals surface area contributed by atoms with Crippen molar-refractivity contribution in [2.75, 3.05) is 0 Å². The van der Waals surface area contributed by atoms with E-state index in [1.54, 1.807) is 11.1 Å². The first-order valence-corrected chi connectivity index (χ1v) is 6.74. The van der Waals surface area contributed by atoms with Crippen LogP contribution in [0.2, 0.25) is 0 Å². The van der Waals surface area contributed by atoms with Crippen LogP contribution in [-0.4, -0.2) is 0 Å². The third kappa shape index (κ3) is 4.38. The first kappa shape index (κ1) is 15.2. The lowest BCUT2D eigenvalue weighted by molar-refractivity contribution is 0.315. The van der Waals surface area contributed by atoms with E-state index >= 15 is 0 Å². The zero-order chi connectivity index (χ0) is 12.6. The van der Waals surface area contributed by atoms with Crippen molar-refractivity contribution < 1.29 is 0 Å². The van der Waals surface area contributed by atoms with Gasteiger partial charge in [-0.05, 0) is 35.8 Å². The Labute approximate surface area is 102 Å². The van der Waals surface area contributed by atoms with Gasteiger partial charge in [-0.3, -0.25) is 0 Å². The highest BCUT2D eigenvalue weighted by Crippen LogP contribution is 2.34. The SMILES string of the molecule is CC.CC.CC1(C)CCc2ccccc2C1. The summed E-state index contributed by atoms with van der Waals surface area (Å²) in [5.41, 5.74) is 3.65. The summed E-state index contributed by atoms with van der Waals surface area (Å²) in [7, 11) is 0. The summed E-state index contributed by atoms with van der Waals surface area (Å²) in [6.07, 6.45) is 3.86. The second kappa shape index (κ2) is 7.49. The average Bonchev–Trinajstić information content (AvgIpc) is 2.33. The van der Waals surface area contributed by atoms with Crippen LogP contribution in [0, 0.1) is 5.41 Å². The molecular formula is C16H28. The number of rotatable bonds is 0. The highest BCUT2D eigenvalue weighted by Gasteiger charge is 2.24. The van der Waals surface area contributed by atoms with E-state index in [-0.39, 0.29) is 0 Å². The second-order valence-electron chi connectivity index (χ2n) is 4.61. The molecule has 1 aromatic rings. The van der Waals surface area contributed by atoms with Crippen LogP contribution in [0.3, 0.4) is 0 Å². The van der Waals surface area contributed by atoms with E-state index in [0.717, 1.165) is 0 Å². The first-order valence-electron chi connectivity index (χ1n) is 6.74. The van der Waals surface area contributed by atoms with Gasteiger partial charge in [0.2, 0.25) is 0 Å². The van der Waals surface area contributed by atoms with E-state index in [0.29, 0.717) is 5.41 Å². The minimum absolute atomic E-state index is 0.522. The molecule has 0 bridgehead atoms. The zero-order valence-electron chi connectivity index (χ0n) is 11.9. The Morgan fingerprint density at radius 1 is 0.875 bits per heavy atom. The number of hydrogen-bond acceptors (Lipinski definition) is 0. The predicted molar refractivity (Wildman–Crippen MR) is 74.9 cm³/mol. The van der Waals surface area contributed by atoms with Gasteiger partial charge in [0.05, 0.1) is 0 Å². The fourth-order valence-corrected chi connectivity index (χ4v) is 2.05. The van der Waals surface area contributed by atoms with Gasteiger partial charge in [-0.25, -0.2) is 0 Å². The van der Waals surface area contributed by atoms with E-state index in [1.165, 1.54) is 19.3 Å². The Balaban J connectivity index is 0.000000509. The number of hydrogen-bond donors (Lipinski definition) is 0. The molecule has 0 atom stereocenters. The van der Waals surface area contributed by atoms with Crippen molar-refractivity contribution >= 4 is 0 Å². The van der Waals surface area contributed by atoms with Gasteiger partial charge in [0.15, 0.2) is 0 Å². The largest absolute Gasteiger partial charge is 0.0683 e. The summed E-state index contributed by atoms with van der Waals surface area (Å²) in [5, 5.41) is 0. The number of benzene rings is 1. The van der Waals surface area contributed by atoms with E-state index in [9.17, 15) is 0 Å². The van der Waals surface area contributed by atoms with Crippen LogP contribution in [0.5, 0.6) is 0 Å². The van der Waals surface area contributed by atoms with Gasteiger partial charge in [0, 0.05) is 0 Å². The highest BCUT2D eigenvalue weighted by atomic mass is 14.3. The van der Waals surface area contributed by atoms with Crippen LogP contribution >= 0.6 is 0 Å².